The van der Waals surface area contributed by atoms with E-state index in [-0.39, 0.29) is 24.0 Å². The van der Waals surface area contributed by atoms with Crippen LogP contribution in [0.15, 0.2) is 33.8 Å². The Hall–Kier alpha value is -1.39. The third-order valence-electron chi connectivity index (χ3n) is 3.48. The summed E-state index contributed by atoms with van der Waals surface area (Å²) in [6, 6.07) is 7.34. The predicted molar refractivity (Wildman–Crippen MR) is 119 cm³/mol. The number of unbranched alkanes of at least 4 members (excludes halogenated alkanes) is 1. The summed E-state index contributed by atoms with van der Waals surface area (Å²) in [5.74, 6) is 1.69. The van der Waals surface area contributed by atoms with Gasteiger partial charge in [0.2, 0.25) is 11.7 Å². The first-order chi connectivity index (χ1) is 12.7. The molecule has 0 aliphatic carbocycles. The van der Waals surface area contributed by atoms with Crippen molar-refractivity contribution in [2.75, 3.05) is 26.3 Å². The lowest BCUT2D eigenvalue weighted by Crippen LogP contribution is -2.37. The molecule has 1 aromatic carbocycles. The van der Waals surface area contributed by atoms with E-state index in [0.29, 0.717) is 23.3 Å². The van der Waals surface area contributed by atoms with Gasteiger partial charge in [0.25, 0.3) is 0 Å². The molecule has 0 spiro atoms. The van der Waals surface area contributed by atoms with Crippen LogP contribution >= 0.6 is 35.6 Å². The Bertz CT molecular complexity index is 696. The fourth-order valence-electron chi connectivity index (χ4n) is 2.23. The lowest BCUT2D eigenvalue weighted by molar-refractivity contribution is 0.143. The summed E-state index contributed by atoms with van der Waals surface area (Å²) >= 11 is 6.00. The highest BCUT2D eigenvalue weighted by Gasteiger charge is 2.09. The van der Waals surface area contributed by atoms with E-state index in [0.717, 1.165) is 50.7 Å². The maximum Gasteiger partial charge on any atom is 0.248 e. The smallest absolute Gasteiger partial charge is 0.248 e. The zero-order chi connectivity index (χ0) is 18.6. The lowest BCUT2D eigenvalue weighted by atomic mass is 10.2. The van der Waals surface area contributed by atoms with Gasteiger partial charge in [0.15, 0.2) is 5.96 Å². The van der Waals surface area contributed by atoms with Crippen LogP contribution in [-0.2, 0) is 11.3 Å². The molecule has 1 heterocycles. The Kier molecular flexibility index (Phi) is 12.0. The molecule has 9 heteroatoms. The Balaban J connectivity index is 0.00000364. The van der Waals surface area contributed by atoms with E-state index in [4.69, 9.17) is 20.9 Å². The van der Waals surface area contributed by atoms with Gasteiger partial charge in [-0.3, -0.25) is 0 Å². The minimum Gasteiger partial charge on any atom is -0.382 e. The highest BCUT2D eigenvalue weighted by atomic mass is 127. The topological polar surface area (TPSA) is 84.6 Å². The number of rotatable bonds is 10. The summed E-state index contributed by atoms with van der Waals surface area (Å²) in [5.41, 5.74) is 0.816. The number of nitrogens with zero attached hydrogens (tertiary/aromatic N) is 3. The monoisotopic (exact) mass is 507 g/mol. The van der Waals surface area contributed by atoms with E-state index in [9.17, 15) is 0 Å². The Labute approximate surface area is 182 Å². The molecule has 0 aliphatic heterocycles. The van der Waals surface area contributed by atoms with Crippen molar-refractivity contribution < 1.29 is 9.26 Å². The molecular weight excluding hydrogens is 481 g/mol. The molecule has 0 fully saturated rings. The molecule has 0 saturated heterocycles. The van der Waals surface area contributed by atoms with Gasteiger partial charge in [0, 0.05) is 36.9 Å². The van der Waals surface area contributed by atoms with Crippen molar-refractivity contribution in [3.63, 3.8) is 0 Å². The number of aliphatic imine (C=N–C) groups is 1. The van der Waals surface area contributed by atoms with Gasteiger partial charge in [-0.25, -0.2) is 4.99 Å². The van der Waals surface area contributed by atoms with E-state index in [1.807, 2.05) is 26.0 Å². The van der Waals surface area contributed by atoms with Crippen LogP contribution in [0.25, 0.3) is 11.4 Å². The SMILES string of the molecule is CCNC(=NCc1nc(-c2cccc(Cl)c2)no1)NCCCCOCC.I. The minimum atomic E-state index is 0. The van der Waals surface area contributed by atoms with Gasteiger partial charge in [-0.15, -0.1) is 24.0 Å². The van der Waals surface area contributed by atoms with Crippen molar-refractivity contribution >= 4 is 41.5 Å². The van der Waals surface area contributed by atoms with Crippen LogP contribution in [0.5, 0.6) is 0 Å². The molecule has 0 bridgehead atoms. The molecule has 150 valence electrons. The van der Waals surface area contributed by atoms with Gasteiger partial charge in [-0.2, -0.15) is 4.98 Å². The fourth-order valence-corrected chi connectivity index (χ4v) is 2.42. The molecule has 0 aliphatic rings. The molecule has 2 rings (SSSR count). The maximum absolute atomic E-state index is 6.00. The molecular formula is C18H27ClIN5O2. The van der Waals surface area contributed by atoms with E-state index in [2.05, 4.69) is 25.8 Å². The molecule has 0 atom stereocenters. The highest BCUT2D eigenvalue weighted by molar-refractivity contribution is 14.0. The molecule has 0 saturated carbocycles. The van der Waals surface area contributed by atoms with E-state index < -0.39 is 0 Å². The third-order valence-corrected chi connectivity index (χ3v) is 3.71. The second kappa shape index (κ2) is 13.7. The minimum absolute atomic E-state index is 0. The second-order valence-corrected chi connectivity index (χ2v) is 5.98. The number of hydrogen-bond donors (Lipinski definition) is 2. The van der Waals surface area contributed by atoms with Gasteiger partial charge < -0.3 is 19.9 Å². The second-order valence-electron chi connectivity index (χ2n) is 5.55. The number of halogens is 2. The molecule has 27 heavy (non-hydrogen) atoms. The van der Waals surface area contributed by atoms with Crippen LogP contribution in [0.4, 0.5) is 0 Å². The van der Waals surface area contributed by atoms with Crippen molar-refractivity contribution in [3.8, 4) is 11.4 Å². The quantitative estimate of drug-likeness (QED) is 0.220. The number of ether oxygens (including phenoxy) is 1. The summed E-state index contributed by atoms with van der Waals surface area (Å²) in [7, 11) is 0. The van der Waals surface area contributed by atoms with Crippen LogP contribution < -0.4 is 10.6 Å². The summed E-state index contributed by atoms with van der Waals surface area (Å²) < 4.78 is 10.6. The van der Waals surface area contributed by atoms with Gasteiger partial charge in [0.1, 0.15) is 6.54 Å². The average molecular weight is 508 g/mol. The summed E-state index contributed by atoms with van der Waals surface area (Å²) in [6.45, 7) is 7.50. The van der Waals surface area contributed by atoms with Crippen molar-refractivity contribution in [1.82, 2.24) is 20.8 Å². The van der Waals surface area contributed by atoms with Crippen molar-refractivity contribution in [2.24, 2.45) is 4.99 Å². The summed E-state index contributed by atoms with van der Waals surface area (Å²) in [5, 5.41) is 11.1. The van der Waals surface area contributed by atoms with Crippen molar-refractivity contribution in [1.29, 1.82) is 0 Å². The Morgan fingerprint density at radius 3 is 2.85 bits per heavy atom. The number of hydrogen-bond acceptors (Lipinski definition) is 5. The lowest BCUT2D eigenvalue weighted by Gasteiger charge is -2.10. The third kappa shape index (κ3) is 8.89. The zero-order valence-electron chi connectivity index (χ0n) is 15.7. The summed E-state index contributed by atoms with van der Waals surface area (Å²) in [4.78, 5) is 8.85. The Morgan fingerprint density at radius 2 is 2.11 bits per heavy atom. The Morgan fingerprint density at radius 1 is 1.26 bits per heavy atom. The van der Waals surface area contributed by atoms with E-state index >= 15 is 0 Å². The van der Waals surface area contributed by atoms with Crippen molar-refractivity contribution in [3.05, 3.63) is 35.2 Å². The standard InChI is InChI=1S/C18H26ClN5O2.HI/c1-3-20-18(21-10-5-6-11-25-4-2)22-13-16-23-17(24-26-16)14-8-7-9-15(19)12-14;/h7-9,12H,3-6,10-11,13H2,1-2H3,(H2,20,21,22);1H. The van der Waals surface area contributed by atoms with Crippen LogP contribution in [0.3, 0.4) is 0 Å². The molecule has 7 nitrogen and oxygen atoms in total. The molecule has 0 amide bonds. The predicted octanol–water partition coefficient (Wildman–Crippen LogP) is 3.88. The zero-order valence-corrected chi connectivity index (χ0v) is 18.8. The fraction of sp³-hybridized carbons (Fsp3) is 0.500. The van der Waals surface area contributed by atoms with Crippen LogP contribution in [0.2, 0.25) is 5.02 Å². The first-order valence-electron chi connectivity index (χ1n) is 8.91. The van der Waals surface area contributed by atoms with Gasteiger partial charge in [0.05, 0.1) is 0 Å². The molecule has 1 aromatic heterocycles. The van der Waals surface area contributed by atoms with Crippen molar-refractivity contribution in [2.45, 2.75) is 33.2 Å². The molecule has 2 aromatic rings. The first-order valence-corrected chi connectivity index (χ1v) is 9.29. The van der Waals surface area contributed by atoms with E-state index in [1.165, 1.54) is 0 Å². The number of guanidine groups is 1. The molecule has 2 N–H and O–H groups in total. The first kappa shape index (κ1) is 23.6. The highest BCUT2D eigenvalue weighted by Crippen LogP contribution is 2.19. The van der Waals surface area contributed by atoms with E-state index in [1.54, 1.807) is 12.1 Å². The van der Waals surface area contributed by atoms with Crippen LogP contribution in [0.1, 0.15) is 32.6 Å². The van der Waals surface area contributed by atoms with Gasteiger partial charge >= 0.3 is 0 Å². The number of aromatic nitrogens is 2. The van der Waals surface area contributed by atoms with Gasteiger partial charge in [-0.05, 0) is 38.8 Å². The van der Waals surface area contributed by atoms with Crippen LogP contribution in [-0.4, -0.2) is 42.4 Å². The van der Waals surface area contributed by atoms with Gasteiger partial charge in [-0.1, -0.05) is 28.9 Å². The number of nitrogens with one attached hydrogen (secondary N) is 2. The summed E-state index contributed by atoms with van der Waals surface area (Å²) in [6.07, 6.45) is 2.04. The largest absolute Gasteiger partial charge is 0.382 e. The number of benzene rings is 1. The van der Waals surface area contributed by atoms with Crippen LogP contribution in [0, 0.1) is 0 Å². The maximum atomic E-state index is 6.00. The molecule has 0 unspecified atom stereocenters. The normalized spacial score (nSPS) is 11.1. The average Bonchev–Trinajstić information content (AvgIpc) is 3.11. The molecule has 0 radical (unpaired) electrons.